The second-order valence-corrected chi connectivity index (χ2v) is 9.04. The third-order valence-electron chi connectivity index (χ3n) is 5.07. The Bertz CT molecular complexity index is 1140. The van der Waals surface area contributed by atoms with E-state index in [0.29, 0.717) is 40.1 Å². The third kappa shape index (κ3) is 6.70. The number of carbonyl (C=O) groups is 3. The molecule has 1 saturated heterocycles. The van der Waals surface area contributed by atoms with Gasteiger partial charge in [0, 0.05) is 5.69 Å². The number of benzene rings is 2. The van der Waals surface area contributed by atoms with E-state index in [1.54, 1.807) is 49.6 Å². The van der Waals surface area contributed by atoms with Gasteiger partial charge in [-0.25, -0.2) is 0 Å². The van der Waals surface area contributed by atoms with Gasteiger partial charge >= 0.3 is 0 Å². The highest BCUT2D eigenvalue weighted by Crippen LogP contribution is 2.39. The van der Waals surface area contributed by atoms with Crippen molar-refractivity contribution in [1.29, 1.82) is 0 Å². The van der Waals surface area contributed by atoms with E-state index in [2.05, 4.69) is 5.32 Å². The summed E-state index contributed by atoms with van der Waals surface area (Å²) >= 11 is 7.21. The molecule has 1 aliphatic heterocycles. The van der Waals surface area contributed by atoms with Gasteiger partial charge in [0.25, 0.3) is 11.1 Å². The average molecular weight is 519 g/mol. The molecule has 0 bridgehead atoms. The highest BCUT2D eigenvalue weighted by molar-refractivity contribution is 8.18. The Hall–Kier alpha value is -3.17. The molecule has 0 aliphatic carbocycles. The molecule has 0 aromatic heterocycles. The van der Waals surface area contributed by atoms with E-state index in [-0.39, 0.29) is 11.0 Å². The van der Waals surface area contributed by atoms with Crippen LogP contribution in [0, 0.1) is 0 Å². The van der Waals surface area contributed by atoms with Gasteiger partial charge in [0.15, 0.2) is 11.5 Å². The number of halogens is 1. The van der Waals surface area contributed by atoms with Crippen molar-refractivity contribution in [2.45, 2.75) is 33.3 Å². The monoisotopic (exact) mass is 518 g/mol. The van der Waals surface area contributed by atoms with Crippen molar-refractivity contribution < 1.29 is 28.6 Å². The minimum absolute atomic E-state index is 0.0573. The van der Waals surface area contributed by atoms with Crippen molar-refractivity contribution in [2.75, 3.05) is 25.6 Å². The number of methoxy groups -OCH3 is 1. The second-order valence-electron chi connectivity index (χ2n) is 7.64. The normalized spacial score (nSPS) is 15.3. The summed E-state index contributed by atoms with van der Waals surface area (Å²) in [5.41, 5.74) is 1.10. The zero-order valence-corrected chi connectivity index (χ0v) is 21.5. The van der Waals surface area contributed by atoms with Gasteiger partial charge in [0.05, 0.1) is 29.7 Å². The molecule has 8 nitrogen and oxygen atoms in total. The van der Waals surface area contributed by atoms with Gasteiger partial charge in [-0.2, -0.15) is 0 Å². The molecule has 186 valence electrons. The lowest BCUT2D eigenvalue weighted by atomic mass is 10.1. The first-order chi connectivity index (χ1) is 16.7. The number of nitrogens with one attached hydrogen (secondary N) is 1. The van der Waals surface area contributed by atoms with Gasteiger partial charge in [-0.15, -0.1) is 0 Å². The first kappa shape index (κ1) is 26.4. The summed E-state index contributed by atoms with van der Waals surface area (Å²) in [6.07, 6.45) is 2.29. The van der Waals surface area contributed by atoms with Crippen LogP contribution in [0.2, 0.25) is 5.02 Å². The molecule has 1 heterocycles. The SMILES string of the molecule is CCOc1cc(/C=C2/SC(=O)N(CC(=O)Nc3ccc(OC)cc3)C2=O)cc(Cl)c1O[C@@H](C)CC. The molecule has 2 aromatic rings. The fraction of sp³-hybridized carbons (Fsp3) is 0.320. The zero-order chi connectivity index (χ0) is 25.5. The highest BCUT2D eigenvalue weighted by atomic mass is 35.5. The van der Waals surface area contributed by atoms with Gasteiger partial charge in [-0.1, -0.05) is 18.5 Å². The number of anilines is 1. The van der Waals surface area contributed by atoms with E-state index in [4.69, 9.17) is 25.8 Å². The number of nitrogens with zero attached hydrogens (tertiary/aromatic N) is 1. The molecule has 0 unspecified atom stereocenters. The molecule has 2 aromatic carbocycles. The summed E-state index contributed by atoms with van der Waals surface area (Å²) in [5, 5.41) is 2.47. The van der Waals surface area contributed by atoms with E-state index in [1.807, 2.05) is 20.8 Å². The minimum atomic E-state index is -0.557. The predicted octanol–water partition coefficient (Wildman–Crippen LogP) is 5.60. The number of hydrogen-bond acceptors (Lipinski definition) is 7. The van der Waals surface area contributed by atoms with Crippen LogP contribution in [0.4, 0.5) is 10.5 Å². The smallest absolute Gasteiger partial charge is 0.294 e. The van der Waals surface area contributed by atoms with Crippen molar-refractivity contribution >= 4 is 52.2 Å². The van der Waals surface area contributed by atoms with Crippen molar-refractivity contribution in [3.05, 3.63) is 51.9 Å². The lowest BCUT2D eigenvalue weighted by Crippen LogP contribution is -2.36. The van der Waals surface area contributed by atoms with Crippen LogP contribution in [0.3, 0.4) is 0 Å². The molecule has 3 amide bonds. The molecule has 10 heteroatoms. The minimum Gasteiger partial charge on any atom is -0.497 e. The zero-order valence-electron chi connectivity index (χ0n) is 19.9. The maximum atomic E-state index is 12.9. The molecule has 3 rings (SSSR count). The molecule has 1 atom stereocenters. The van der Waals surface area contributed by atoms with Gasteiger partial charge in [0.2, 0.25) is 5.91 Å². The largest absolute Gasteiger partial charge is 0.497 e. The number of amides is 3. The van der Waals surface area contributed by atoms with Crippen LogP contribution < -0.4 is 19.5 Å². The van der Waals surface area contributed by atoms with Crippen LogP contribution in [0.5, 0.6) is 17.2 Å². The van der Waals surface area contributed by atoms with E-state index < -0.39 is 23.6 Å². The van der Waals surface area contributed by atoms with E-state index in [1.165, 1.54) is 0 Å². The molecular formula is C25H27ClN2O6S. The van der Waals surface area contributed by atoms with Crippen molar-refractivity contribution in [3.63, 3.8) is 0 Å². The fourth-order valence-corrected chi connectivity index (χ4v) is 4.24. The van der Waals surface area contributed by atoms with Gasteiger partial charge in [0.1, 0.15) is 12.3 Å². The Morgan fingerprint density at radius 2 is 1.91 bits per heavy atom. The first-order valence-electron chi connectivity index (χ1n) is 11.1. The lowest BCUT2D eigenvalue weighted by molar-refractivity contribution is -0.127. The molecule has 0 saturated carbocycles. The number of rotatable bonds is 10. The Kier molecular flexibility index (Phi) is 9.06. The van der Waals surface area contributed by atoms with Crippen LogP contribution in [0.15, 0.2) is 41.3 Å². The van der Waals surface area contributed by atoms with E-state index in [9.17, 15) is 14.4 Å². The summed E-state index contributed by atoms with van der Waals surface area (Å²) in [6.45, 7) is 5.77. The first-order valence-corrected chi connectivity index (χ1v) is 12.3. The second kappa shape index (κ2) is 12.0. The van der Waals surface area contributed by atoms with E-state index >= 15 is 0 Å². The summed E-state index contributed by atoms with van der Waals surface area (Å²) < 4.78 is 16.7. The fourth-order valence-electron chi connectivity index (χ4n) is 3.14. The Morgan fingerprint density at radius 1 is 1.20 bits per heavy atom. The molecule has 0 radical (unpaired) electrons. The number of carbonyl (C=O) groups excluding carboxylic acids is 3. The number of hydrogen-bond donors (Lipinski definition) is 1. The quantitative estimate of drug-likeness (QED) is 0.409. The van der Waals surface area contributed by atoms with Gasteiger partial charge in [-0.3, -0.25) is 19.3 Å². The number of imide groups is 1. The number of ether oxygens (including phenoxy) is 3. The Balaban J connectivity index is 1.75. The number of thioether (sulfide) groups is 1. The average Bonchev–Trinajstić information content (AvgIpc) is 3.09. The summed E-state index contributed by atoms with van der Waals surface area (Å²) in [6, 6.07) is 10.1. The molecule has 1 aliphatic rings. The Labute approximate surface area is 213 Å². The maximum absolute atomic E-state index is 12.9. The standard InChI is InChI=1S/C25H27ClN2O6S/c1-5-15(3)34-23-19(26)11-16(12-20(23)33-6-2)13-21-24(30)28(25(31)35-21)14-22(29)27-17-7-9-18(32-4)10-8-17/h7-13,15H,5-6,14H2,1-4H3,(H,27,29)/b21-13+/t15-/m0/s1. The van der Waals surface area contributed by atoms with Crippen LogP contribution in [-0.4, -0.2) is 48.3 Å². The van der Waals surface area contributed by atoms with E-state index in [0.717, 1.165) is 23.1 Å². The van der Waals surface area contributed by atoms with Crippen LogP contribution >= 0.6 is 23.4 Å². The van der Waals surface area contributed by atoms with Crippen LogP contribution in [0.25, 0.3) is 6.08 Å². The maximum Gasteiger partial charge on any atom is 0.294 e. The van der Waals surface area contributed by atoms with Crippen LogP contribution in [-0.2, 0) is 9.59 Å². The lowest BCUT2D eigenvalue weighted by Gasteiger charge is -2.18. The van der Waals surface area contributed by atoms with Gasteiger partial charge < -0.3 is 19.5 Å². The van der Waals surface area contributed by atoms with Crippen LogP contribution in [0.1, 0.15) is 32.8 Å². The topological polar surface area (TPSA) is 94.2 Å². The molecule has 0 spiro atoms. The molecule has 35 heavy (non-hydrogen) atoms. The summed E-state index contributed by atoms with van der Waals surface area (Å²) in [5.74, 6) is 0.477. The Morgan fingerprint density at radius 3 is 2.54 bits per heavy atom. The van der Waals surface area contributed by atoms with Gasteiger partial charge in [-0.05, 0) is 80.1 Å². The third-order valence-corrected chi connectivity index (χ3v) is 6.26. The van der Waals surface area contributed by atoms with Crippen molar-refractivity contribution in [3.8, 4) is 17.2 Å². The summed E-state index contributed by atoms with van der Waals surface area (Å²) in [4.78, 5) is 38.8. The highest BCUT2D eigenvalue weighted by Gasteiger charge is 2.36. The molecule has 1 fully saturated rings. The molecule has 1 N–H and O–H groups in total. The molecular weight excluding hydrogens is 492 g/mol. The summed E-state index contributed by atoms with van der Waals surface area (Å²) in [7, 11) is 1.54. The van der Waals surface area contributed by atoms with Crippen molar-refractivity contribution in [2.24, 2.45) is 0 Å². The predicted molar refractivity (Wildman–Crippen MR) is 137 cm³/mol. The van der Waals surface area contributed by atoms with Crippen molar-refractivity contribution in [1.82, 2.24) is 4.90 Å².